The lowest BCUT2D eigenvalue weighted by molar-refractivity contribution is -0.140. The van der Waals surface area contributed by atoms with Crippen LogP contribution >= 0.6 is 0 Å². The van der Waals surface area contributed by atoms with Crippen LogP contribution in [0.4, 0.5) is 0 Å². The van der Waals surface area contributed by atoms with E-state index in [0.717, 1.165) is 6.42 Å². The summed E-state index contributed by atoms with van der Waals surface area (Å²) in [5.41, 5.74) is 0. The number of hydrogen-bond donors (Lipinski definition) is 3. The molecule has 0 aliphatic heterocycles. The van der Waals surface area contributed by atoms with Gasteiger partial charge >= 0.3 is 5.97 Å². The second-order valence-corrected chi connectivity index (χ2v) is 4.73. The van der Waals surface area contributed by atoms with Gasteiger partial charge in [0.15, 0.2) is 0 Å². The third-order valence-electron chi connectivity index (χ3n) is 2.63. The molecule has 0 fully saturated rings. The SMILES string of the molecule is CC(=O)CCCCNC(=O)CNC(=O)C(C)CC(=O)O. The minimum absolute atomic E-state index is 0.121. The molecule has 1 unspecified atom stereocenters. The van der Waals surface area contributed by atoms with Gasteiger partial charge in [-0.1, -0.05) is 6.92 Å². The van der Waals surface area contributed by atoms with E-state index in [-0.39, 0.29) is 24.7 Å². The van der Waals surface area contributed by atoms with Crippen molar-refractivity contribution >= 4 is 23.6 Å². The molecule has 0 aliphatic rings. The van der Waals surface area contributed by atoms with Crippen molar-refractivity contribution < 1.29 is 24.3 Å². The first-order chi connectivity index (χ1) is 9.32. The molecule has 0 saturated carbocycles. The average molecular weight is 286 g/mol. The Morgan fingerprint density at radius 2 is 1.75 bits per heavy atom. The van der Waals surface area contributed by atoms with E-state index in [4.69, 9.17) is 5.11 Å². The second kappa shape index (κ2) is 9.94. The van der Waals surface area contributed by atoms with Gasteiger partial charge in [-0.15, -0.1) is 0 Å². The second-order valence-electron chi connectivity index (χ2n) is 4.73. The summed E-state index contributed by atoms with van der Waals surface area (Å²) in [6.45, 7) is 3.29. The van der Waals surface area contributed by atoms with E-state index in [2.05, 4.69) is 10.6 Å². The van der Waals surface area contributed by atoms with Crippen molar-refractivity contribution in [3.63, 3.8) is 0 Å². The molecule has 20 heavy (non-hydrogen) atoms. The van der Waals surface area contributed by atoms with E-state index in [9.17, 15) is 19.2 Å². The van der Waals surface area contributed by atoms with Crippen LogP contribution in [-0.2, 0) is 19.2 Å². The van der Waals surface area contributed by atoms with Gasteiger partial charge in [0.25, 0.3) is 0 Å². The highest BCUT2D eigenvalue weighted by molar-refractivity contribution is 5.87. The molecule has 0 radical (unpaired) electrons. The van der Waals surface area contributed by atoms with E-state index in [1.165, 1.54) is 13.8 Å². The molecule has 0 rings (SSSR count). The van der Waals surface area contributed by atoms with Crippen LogP contribution in [0.15, 0.2) is 0 Å². The number of carboxylic acid groups (broad SMARTS) is 1. The lowest BCUT2D eigenvalue weighted by Gasteiger charge is -2.10. The number of rotatable bonds is 10. The van der Waals surface area contributed by atoms with Gasteiger partial charge in [0.05, 0.1) is 13.0 Å². The Labute approximate surface area is 118 Å². The van der Waals surface area contributed by atoms with E-state index < -0.39 is 17.8 Å². The van der Waals surface area contributed by atoms with E-state index in [0.29, 0.717) is 19.4 Å². The van der Waals surface area contributed by atoms with E-state index >= 15 is 0 Å². The Hall–Kier alpha value is -1.92. The highest BCUT2D eigenvalue weighted by Gasteiger charge is 2.16. The summed E-state index contributed by atoms with van der Waals surface area (Å²) in [7, 11) is 0. The highest BCUT2D eigenvalue weighted by atomic mass is 16.4. The Morgan fingerprint density at radius 1 is 1.10 bits per heavy atom. The number of amides is 2. The number of ketones is 1. The predicted molar refractivity (Wildman–Crippen MR) is 72.0 cm³/mol. The van der Waals surface area contributed by atoms with Crippen LogP contribution in [0.1, 0.15) is 39.5 Å². The fraction of sp³-hybridized carbons (Fsp3) is 0.692. The molecule has 0 aromatic carbocycles. The minimum atomic E-state index is -1.05. The van der Waals surface area contributed by atoms with Crippen LogP contribution in [0.2, 0.25) is 0 Å². The van der Waals surface area contributed by atoms with Crippen LogP contribution in [0.25, 0.3) is 0 Å². The fourth-order valence-corrected chi connectivity index (χ4v) is 1.49. The van der Waals surface area contributed by atoms with Gasteiger partial charge in [0.2, 0.25) is 11.8 Å². The smallest absolute Gasteiger partial charge is 0.304 e. The summed E-state index contributed by atoms with van der Waals surface area (Å²) >= 11 is 0. The molecule has 1 atom stereocenters. The van der Waals surface area contributed by atoms with Crippen LogP contribution in [0, 0.1) is 5.92 Å². The van der Waals surface area contributed by atoms with Gasteiger partial charge in [-0.05, 0) is 19.8 Å². The third kappa shape index (κ3) is 10.0. The third-order valence-corrected chi connectivity index (χ3v) is 2.63. The van der Waals surface area contributed by atoms with Crippen molar-refractivity contribution in [3.8, 4) is 0 Å². The lowest BCUT2D eigenvalue weighted by Crippen LogP contribution is -2.39. The summed E-state index contributed by atoms with van der Waals surface area (Å²) in [4.78, 5) is 43.9. The number of nitrogens with one attached hydrogen (secondary N) is 2. The quantitative estimate of drug-likeness (QED) is 0.493. The van der Waals surface area contributed by atoms with Crippen LogP contribution in [0.3, 0.4) is 0 Å². The molecule has 2 amide bonds. The Morgan fingerprint density at radius 3 is 2.30 bits per heavy atom. The molecule has 0 aromatic rings. The fourth-order valence-electron chi connectivity index (χ4n) is 1.49. The highest BCUT2D eigenvalue weighted by Crippen LogP contribution is 2.00. The maximum atomic E-state index is 11.4. The number of carbonyl (C=O) groups is 4. The molecule has 114 valence electrons. The van der Waals surface area contributed by atoms with Gasteiger partial charge in [0, 0.05) is 18.9 Å². The number of carboxylic acids is 1. The van der Waals surface area contributed by atoms with Crippen LogP contribution in [-0.4, -0.2) is 41.8 Å². The maximum Gasteiger partial charge on any atom is 0.304 e. The normalized spacial score (nSPS) is 11.5. The predicted octanol–water partition coefficient (Wildman–Crippen LogP) is 0.0889. The molecular weight excluding hydrogens is 264 g/mol. The van der Waals surface area contributed by atoms with Crippen molar-refractivity contribution in [2.75, 3.05) is 13.1 Å². The number of aliphatic carboxylic acids is 1. The molecule has 3 N–H and O–H groups in total. The molecule has 0 aromatic heterocycles. The molecule has 7 nitrogen and oxygen atoms in total. The Bertz CT molecular complexity index is 368. The van der Waals surface area contributed by atoms with Crippen molar-refractivity contribution in [1.82, 2.24) is 10.6 Å². The largest absolute Gasteiger partial charge is 0.481 e. The van der Waals surface area contributed by atoms with Gasteiger partial charge < -0.3 is 20.5 Å². The Kier molecular flexibility index (Phi) is 8.98. The van der Waals surface area contributed by atoms with Gasteiger partial charge in [-0.25, -0.2) is 0 Å². The van der Waals surface area contributed by atoms with Crippen molar-refractivity contribution in [2.24, 2.45) is 5.92 Å². The molecule has 0 bridgehead atoms. The first-order valence-corrected chi connectivity index (χ1v) is 6.58. The first kappa shape index (κ1) is 18.1. The standard InChI is InChI=1S/C13H22N2O5/c1-9(7-12(18)19)13(20)15-8-11(17)14-6-4-3-5-10(2)16/h9H,3-8H2,1-2H3,(H,14,17)(H,15,20)(H,18,19). The topological polar surface area (TPSA) is 113 Å². The molecule has 0 heterocycles. The number of Topliss-reactive ketones (excluding diaryl/α,β-unsaturated/α-hetero) is 1. The van der Waals surface area contributed by atoms with Gasteiger partial charge in [0.1, 0.15) is 5.78 Å². The molecule has 7 heteroatoms. The van der Waals surface area contributed by atoms with Crippen molar-refractivity contribution in [2.45, 2.75) is 39.5 Å². The summed E-state index contributed by atoms with van der Waals surface area (Å²) in [5, 5.41) is 13.5. The van der Waals surface area contributed by atoms with Gasteiger partial charge in [-0.3, -0.25) is 14.4 Å². The minimum Gasteiger partial charge on any atom is -0.481 e. The summed E-state index contributed by atoms with van der Waals surface area (Å²) in [5.74, 6) is -2.39. The first-order valence-electron chi connectivity index (χ1n) is 6.58. The van der Waals surface area contributed by atoms with Gasteiger partial charge in [-0.2, -0.15) is 0 Å². The molecule has 0 saturated heterocycles. The van der Waals surface area contributed by atoms with Crippen LogP contribution in [0.5, 0.6) is 0 Å². The number of carbonyl (C=O) groups excluding carboxylic acids is 3. The lowest BCUT2D eigenvalue weighted by atomic mass is 10.1. The van der Waals surface area contributed by atoms with E-state index in [1.54, 1.807) is 0 Å². The average Bonchev–Trinajstić information content (AvgIpc) is 2.34. The number of hydrogen-bond acceptors (Lipinski definition) is 4. The zero-order chi connectivity index (χ0) is 15.5. The van der Waals surface area contributed by atoms with E-state index in [1.807, 2.05) is 0 Å². The molecule has 0 aliphatic carbocycles. The van der Waals surface area contributed by atoms with Crippen molar-refractivity contribution in [1.29, 1.82) is 0 Å². The molecular formula is C13H22N2O5. The van der Waals surface area contributed by atoms with Crippen molar-refractivity contribution in [3.05, 3.63) is 0 Å². The number of unbranched alkanes of at least 4 members (excludes halogenated alkanes) is 1. The zero-order valence-electron chi connectivity index (χ0n) is 11.9. The monoisotopic (exact) mass is 286 g/mol. The summed E-state index contributed by atoms with van der Waals surface area (Å²) in [6, 6.07) is 0. The van der Waals surface area contributed by atoms with Crippen LogP contribution < -0.4 is 10.6 Å². The summed E-state index contributed by atoms with van der Waals surface area (Å²) < 4.78 is 0. The zero-order valence-corrected chi connectivity index (χ0v) is 11.9. The maximum absolute atomic E-state index is 11.4. The molecule has 0 spiro atoms. The summed E-state index contributed by atoms with van der Waals surface area (Å²) in [6.07, 6.45) is 1.66. The Balaban J connectivity index is 3.69.